The van der Waals surface area contributed by atoms with Gasteiger partial charge in [-0.25, -0.2) is 9.78 Å². The van der Waals surface area contributed by atoms with Crippen LogP contribution >= 0.6 is 11.8 Å². The third kappa shape index (κ3) is 42.7. The van der Waals surface area contributed by atoms with Crippen LogP contribution < -0.4 is 108 Å². The molecule has 124 heavy (non-hydrogen) atoms. The molecule has 49 nitrogen and oxygen atoms in total. The predicted octanol–water partition coefficient (Wildman–Crippen LogP) is -8.95. The number of rotatable bonds is 63. The molecule has 2 aromatic rings. The molecular weight excluding hydrogens is 1660 g/mol. The fraction of sp³-hybridized carbons (Fsp3) is 0.595. The highest BCUT2D eigenvalue weighted by Gasteiger charge is 2.39. The molecule has 690 valence electrons. The number of aliphatic carboxylic acids is 5. The van der Waals surface area contributed by atoms with E-state index in [9.17, 15) is 127 Å². The Hall–Kier alpha value is -12.7. The lowest BCUT2D eigenvalue weighted by molar-refractivity contribution is -0.144. The van der Waals surface area contributed by atoms with E-state index in [-0.39, 0.29) is 63.1 Å². The number of nitrogens with zero attached hydrogens (tertiary/aromatic N) is 1. The first-order valence-electron chi connectivity index (χ1n) is 39.5. The van der Waals surface area contributed by atoms with Crippen LogP contribution in [0.4, 0.5) is 0 Å². The van der Waals surface area contributed by atoms with Gasteiger partial charge in [0.15, 0.2) is 5.96 Å². The number of aliphatic hydroxyl groups excluding tert-OH is 1. The highest BCUT2D eigenvalue weighted by molar-refractivity contribution is 7.98. The van der Waals surface area contributed by atoms with Gasteiger partial charge in [0, 0.05) is 51.3 Å². The Kier molecular flexibility index (Phi) is 49.8. The van der Waals surface area contributed by atoms with Gasteiger partial charge < -0.3 is 144 Å². The fourth-order valence-electron chi connectivity index (χ4n) is 11.5. The van der Waals surface area contributed by atoms with E-state index in [0.29, 0.717) is 31.4 Å². The summed E-state index contributed by atoms with van der Waals surface area (Å²) in [5.41, 5.74) is 28.8. The van der Waals surface area contributed by atoms with Gasteiger partial charge in [-0.15, -0.1) is 0 Å². The molecule has 1 aromatic heterocycles. The van der Waals surface area contributed by atoms with Gasteiger partial charge in [0.25, 0.3) is 0 Å². The molecule has 33 N–H and O–H groups in total. The lowest BCUT2D eigenvalue weighted by Crippen LogP contribution is -2.61. The monoisotopic (exact) mass is 1780 g/mol. The SMILES string of the molecule is CSCCC(NC(=O)C(Cc1c[nH]cn1)NC(=O)C(CCC(N)=O)NC(=O)C(CCCNC(=N)N)NC(=O)C(CCC(=O)O)NC(=O)C(Cc1ccccc1)NC(=O)C(CCCCN)NC(=O)C(C)NC(=O)C(C)NC(=O)C(C)NC(=O)C(CCC(=O)O)NC(=O)C(CCC(=O)O)NC(=O)C(N)CCCCN)C(=O)NC(CC(=O)O)C(=O)NC(CO)C(=O)O. The number of amides is 15. The van der Waals surface area contributed by atoms with Crippen molar-refractivity contribution in [3.05, 3.63) is 54.1 Å². The van der Waals surface area contributed by atoms with Crippen molar-refractivity contribution in [1.82, 2.24) is 89.7 Å². The Morgan fingerprint density at radius 1 is 0.411 bits per heavy atom. The first-order chi connectivity index (χ1) is 58.5. The number of guanidine groups is 1. The Morgan fingerprint density at radius 2 is 0.758 bits per heavy atom. The number of carboxylic acids is 5. The van der Waals surface area contributed by atoms with E-state index in [4.69, 9.17) is 34.1 Å². The van der Waals surface area contributed by atoms with Gasteiger partial charge in [-0.1, -0.05) is 36.8 Å². The van der Waals surface area contributed by atoms with Crippen LogP contribution in [0, 0.1) is 5.41 Å². The van der Waals surface area contributed by atoms with Crippen LogP contribution in [0.25, 0.3) is 0 Å². The summed E-state index contributed by atoms with van der Waals surface area (Å²) in [6.45, 7) is 2.71. The van der Waals surface area contributed by atoms with Gasteiger partial charge in [0.1, 0.15) is 84.6 Å². The van der Waals surface area contributed by atoms with Crippen molar-refractivity contribution in [2.75, 3.05) is 38.2 Å². The molecule has 0 aliphatic carbocycles. The number of H-pyrrole nitrogens is 1. The molecule has 0 bridgehead atoms. The number of aromatic amines is 1. The van der Waals surface area contributed by atoms with Gasteiger partial charge in [-0.2, -0.15) is 11.8 Å². The van der Waals surface area contributed by atoms with Gasteiger partial charge in [-0.05, 0) is 128 Å². The van der Waals surface area contributed by atoms with Crippen LogP contribution in [-0.2, 0) is 109 Å². The average molecular weight is 1780 g/mol. The Bertz CT molecular complexity index is 3960. The number of unbranched alkanes of at least 4 members (excludes halogenated alkanes) is 2. The average Bonchev–Trinajstić information content (AvgIpc) is 0.915. The number of imidazole rings is 1. The minimum atomic E-state index is -1.97. The maximum absolute atomic E-state index is 14.8. The van der Waals surface area contributed by atoms with Crippen molar-refractivity contribution in [3.8, 4) is 0 Å². The van der Waals surface area contributed by atoms with Crippen LogP contribution in [0.1, 0.15) is 148 Å². The second-order valence-electron chi connectivity index (χ2n) is 28.7. The molecule has 15 unspecified atom stereocenters. The Balaban J connectivity index is 2.54. The molecule has 50 heteroatoms. The molecule has 0 radical (unpaired) electrons. The van der Waals surface area contributed by atoms with Crippen molar-refractivity contribution in [2.24, 2.45) is 28.7 Å². The van der Waals surface area contributed by atoms with E-state index in [0.717, 1.165) is 6.92 Å². The van der Waals surface area contributed by atoms with Crippen molar-refractivity contribution in [3.63, 3.8) is 0 Å². The maximum Gasteiger partial charge on any atom is 0.328 e. The lowest BCUT2D eigenvalue weighted by atomic mass is 10.0. The summed E-state index contributed by atoms with van der Waals surface area (Å²) in [5.74, 6) is -24.4. The molecular formula is C74H117N23O26S. The first kappa shape index (κ1) is 107. The quantitative estimate of drug-likeness (QED) is 0.0166. The van der Waals surface area contributed by atoms with Crippen LogP contribution in [0.3, 0.4) is 0 Å². The number of nitrogens with one attached hydrogen (secondary N) is 17. The second kappa shape index (κ2) is 57.6. The van der Waals surface area contributed by atoms with E-state index in [1.165, 1.54) is 38.1 Å². The number of hydrogen-bond acceptors (Lipinski definition) is 27. The van der Waals surface area contributed by atoms with Crippen molar-refractivity contribution in [2.45, 2.75) is 240 Å². The number of carbonyl (C=O) groups is 20. The van der Waals surface area contributed by atoms with E-state index in [1.54, 1.807) is 36.6 Å². The molecule has 1 heterocycles. The number of carbonyl (C=O) groups excluding carboxylic acids is 15. The summed E-state index contributed by atoms with van der Waals surface area (Å²) < 4.78 is 0. The normalized spacial score (nSPS) is 14.6. The number of benzene rings is 1. The van der Waals surface area contributed by atoms with Crippen LogP contribution in [-0.4, -0.2) is 294 Å². The number of carboxylic acid groups (broad SMARTS) is 5. The molecule has 15 amide bonds. The molecule has 1 aromatic carbocycles. The van der Waals surface area contributed by atoms with E-state index in [2.05, 4.69) is 84.4 Å². The summed E-state index contributed by atoms with van der Waals surface area (Å²) in [6, 6.07) is -16.9. The molecule has 0 fully saturated rings. The molecule has 0 saturated heterocycles. The van der Waals surface area contributed by atoms with E-state index in [1.807, 2.05) is 5.32 Å². The summed E-state index contributed by atoms with van der Waals surface area (Å²) in [7, 11) is 0. The fourth-order valence-corrected chi connectivity index (χ4v) is 12.0. The highest BCUT2D eigenvalue weighted by atomic mass is 32.2. The second-order valence-corrected chi connectivity index (χ2v) is 29.7. The van der Waals surface area contributed by atoms with Crippen molar-refractivity contribution in [1.29, 1.82) is 5.41 Å². The van der Waals surface area contributed by atoms with Crippen LogP contribution in [0.5, 0.6) is 0 Å². The number of thioether (sulfide) groups is 1. The van der Waals surface area contributed by atoms with Crippen molar-refractivity contribution >= 4 is 136 Å². The summed E-state index contributed by atoms with van der Waals surface area (Å²) >= 11 is 1.18. The zero-order chi connectivity index (χ0) is 93.3. The molecule has 15 atom stereocenters. The number of nitrogens with two attached hydrogens (primary N) is 5. The maximum atomic E-state index is 14.8. The molecule has 2 rings (SSSR count). The van der Waals surface area contributed by atoms with Gasteiger partial charge in [0.2, 0.25) is 88.6 Å². The van der Waals surface area contributed by atoms with Crippen molar-refractivity contribution < 1.29 is 127 Å². The van der Waals surface area contributed by atoms with Crippen LogP contribution in [0.2, 0.25) is 0 Å². The van der Waals surface area contributed by atoms with Crippen LogP contribution in [0.15, 0.2) is 42.9 Å². The Labute approximate surface area is 715 Å². The lowest BCUT2D eigenvalue weighted by Gasteiger charge is -2.28. The number of hydrogen-bond donors (Lipinski definition) is 28. The Morgan fingerprint density at radius 3 is 1.15 bits per heavy atom. The van der Waals surface area contributed by atoms with Gasteiger partial charge in [-0.3, -0.25) is 96.5 Å². The number of primary amides is 1. The highest BCUT2D eigenvalue weighted by Crippen LogP contribution is 2.14. The van der Waals surface area contributed by atoms with E-state index >= 15 is 0 Å². The molecule has 0 saturated carbocycles. The summed E-state index contributed by atoms with van der Waals surface area (Å²) in [5, 5.41) is 100. The summed E-state index contributed by atoms with van der Waals surface area (Å²) in [4.78, 5) is 274. The zero-order valence-corrected chi connectivity index (χ0v) is 69.8. The number of aromatic nitrogens is 2. The van der Waals surface area contributed by atoms with E-state index < -0.39 is 292 Å². The zero-order valence-electron chi connectivity index (χ0n) is 69.0. The topological polar surface area (TPSA) is 826 Å². The third-order valence-electron chi connectivity index (χ3n) is 18.5. The standard InChI is InChI=1S/C74H117N23O26S/c1-37(84-60(109)38(2)86-63(112)46(19-23-55(100)101)91-66(115)47(20-24-56(102)103)88-62(111)42(77)15-8-10-27-75)59(108)85-39(3)61(110)87-43(16-9-11-28-76)65(114)94-50(31-40-13-6-5-7-14-40)70(119)92-48(21-25-57(104)105)67(116)89-44(17-12-29-82-74(79)80)64(113)90-45(18-22-54(78)99)68(117)95-51(32-41-34-81-36-83-41)71(120)93-49(26-30-124-4)69(118)96-52(33-58(106)107)72(121)97-53(35-98)73(122)123/h5-7,13-14,34,36-39,42-53,98H,8-12,15-33,35,75-77H2,1-4H3,(H2,78,99)(H,81,83)(H,84,109)(H,85,108)(H,86,112)(H,87,110)(H,88,111)(H,89,116)(H,90,113)(H,91,115)(H,92,119)(H,93,120)(H,94,114)(H,95,117)(H,96,118)(H,97,121)(H,100,101)(H,102,103)(H,104,105)(H,106,107)(H,122,123)(H4,79,80,82). The van der Waals surface area contributed by atoms with Gasteiger partial charge >= 0.3 is 29.8 Å². The minimum Gasteiger partial charge on any atom is -0.481 e. The largest absolute Gasteiger partial charge is 0.481 e. The molecule has 0 spiro atoms. The first-order valence-corrected chi connectivity index (χ1v) is 40.9. The third-order valence-corrected chi connectivity index (χ3v) is 19.1. The number of aliphatic hydroxyl groups is 1. The minimum absolute atomic E-state index is 0.108. The smallest absolute Gasteiger partial charge is 0.328 e. The van der Waals surface area contributed by atoms with Gasteiger partial charge in [0.05, 0.1) is 31.1 Å². The predicted molar refractivity (Wildman–Crippen MR) is 438 cm³/mol. The molecule has 0 aliphatic heterocycles. The summed E-state index contributed by atoms with van der Waals surface area (Å²) in [6.07, 6.45) is -2.18. The molecule has 0 aliphatic rings.